The van der Waals surface area contributed by atoms with Gasteiger partial charge in [0.05, 0.1) is 6.42 Å². The number of aromatic nitrogens is 2. The van der Waals surface area contributed by atoms with Crippen LogP contribution >= 0.6 is 0 Å². The van der Waals surface area contributed by atoms with Crippen molar-refractivity contribution in [3.8, 4) is 0 Å². The van der Waals surface area contributed by atoms with Crippen molar-refractivity contribution in [3.63, 3.8) is 0 Å². The quantitative estimate of drug-likeness (QED) is 0.846. The van der Waals surface area contributed by atoms with Crippen molar-refractivity contribution < 1.29 is 4.79 Å². The number of amides is 1. The predicted octanol–water partition coefficient (Wildman–Crippen LogP) is 1.68. The molecule has 0 saturated carbocycles. The maximum absolute atomic E-state index is 12.6. The van der Waals surface area contributed by atoms with E-state index in [-0.39, 0.29) is 23.9 Å². The minimum atomic E-state index is -0.214. The van der Waals surface area contributed by atoms with Crippen LogP contribution in [0, 0.1) is 13.8 Å². The fourth-order valence-corrected chi connectivity index (χ4v) is 4.65. The molecule has 0 unspecified atom stereocenters. The van der Waals surface area contributed by atoms with Crippen LogP contribution in [0.15, 0.2) is 29.1 Å². The van der Waals surface area contributed by atoms with Crippen molar-refractivity contribution in [2.75, 3.05) is 13.1 Å². The van der Waals surface area contributed by atoms with Crippen molar-refractivity contribution in [1.29, 1.82) is 0 Å². The molecule has 1 aromatic carbocycles. The number of carbonyl (C=O) groups is 1. The summed E-state index contributed by atoms with van der Waals surface area (Å²) >= 11 is 0. The van der Waals surface area contributed by atoms with Crippen molar-refractivity contribution in [1.82, 2.24) is 20.2 Å². The standard InChI is InChI=1S/C22H28N4O2/c1-14-20(22(28)24-15(2)23-14)12-21(27)25-18-8-5-9-26(13-18)19-10-16-6-3-4-7-17(16)11-19/h3-4,6-7,18-19H,5,8-13H2,1-2H3,(H,25,27)(H,23,24,28)/t18-/m1/s1. The molecule has 1 fully saturated rings. The first-order valence-corrected chi connectivity index (χ1v) is 10.2. The van der Waals surface area contributed by atoms with E-state index in [4.69, 9.17) is 0 Å². The molecule has 0 bridgehead atoms. The third-order valence-corrected chi connectivity index (χ3v) is 6.04. The Morgan fingerprint density at radius 3 is 2.64 bits per heavy atom. The number of fused-ring (bicyclic) bond motifs is 1. The van der Waals surface area contributed by atoms with Gasteiger partial charge in [0, 0.05) is 29.9 Å². The molecular formula is C22H28N4O2. The SMILES string of the molecule is Cc1nc(C)c(CC(=O)N[C@@H]2CCCN(C3Cc4ccccc4C3)C2)c(=O)[nH]1. The molecule has 1 aliphatic carbocycles. The molecule has 6 heteroatoms. The monoisotopic (exact) mass is 380 g/mol. The van der Waals surface area contributed by atoms with E-state index >= 15 is 0 Å². The number of aryl methyl sites for hydroxylation is 2. The number of rotatable bonds is 4. The summed E-state index contributed by atoms with van der Waals surface area (Å²) < 4.78 is 0. The minimum absolute atomic E-state index is 0.0832. The number of nitrogens with one attached hydrogen (secondary N) is 2. The van der Waals surface area contributed by atoms with Gasteiger partial charge in [0.25, 0.3) is 5.56 Å². The van der Waals surface area contributed by atoms with Crippen LogP contribution in [0.2, 0.25) is 0 Å². The first-order chi connectivity index (χ1) is 13.5. The topological polar surface area (TPSA) is 78.1 Å². The van der Waals surface area contributed by atoms with E-state index in [9.17, 15) is 9.59 Å². The summed E-state index contributed by atoms with van der Waals surface area (Å²) in [5.41, 5.74) is 3.79. The zero-order valence-electron chi connectivity index (χ0n) is 16.6. The zero-order chi connectivity index (χ0) is 19.7. The number of benzene rings is 1. The Morgan fingerprint density at radius 1 is 1.25 bits per heavy atom. The van der Waals surface area contributed by atoms with Gasteiger partial charge < -0.3 is 10.3 Å². The highest BCUT2D eigenvalue weighted by molar-refractivity contribution is 5.79. The fourth-order valence-electron chi connectivity index (χ4n) is 4.65. The lowest BCUT2D eigenvalue weighted by atomic mass is 10.0. The van der Waals surface area contributed by atoms with Crippen LogP contribution in [-0.4, -0.2) is 45.9 Å². The van der Waals surface area contributed by atoms with Gasteiger partial charge in [-0.3, -0.25) is 14.5 Å². The first kappa shape index (κ1) is 18.9. The van der Waals surface area contributed by atoms with Crippen LogP contribution in [0.5, 0.6) is 0 Å². The summed E-state index contributed by atoms with van der Waals surface area (Å²) in [6, 6.07) is 9.36. The number of carbonyl (C=O) groups excluding carboxylic acids is 1. The molecule has 2 heterocycles. The van der Waals surface area contributed by atoms with Gasteiger partial charge in [-0.2, -0.15) is 0 Å². The normalized spacial score (nSPS) is 20.1. The van der Waals surface area contributed by atoms with E-state index in [1.54, 1.807) is 13.8 Å². The molecule has 0 spiro atoms. The van der Waals surface area contributed by atoms with E-state index in [2.05, 4.69) is 44.5 Å². The maximum atomic E-state index is 12.6. The second-order valence-corrected chi connectivity index (χ2v) is 8.12. The second-order valence-electron chi connectivity index (χ2n) is 8.12. The highest BCUT2D eigenvalue weighted by Gasteiger charge is 2.31. The zero-order valence-corrected chi connectivity index (χ0v) is 16.6. The molecule has 1 aromatic heterocycles. The number of hydrogen-bond donors (Lipinski definition) is 2. The number of hydrogen-bond acceptors (Lipinski definition) is 4. The van der Waals surface area contributed by atoms with Gasteiger partial charge in [0.2, 0.25) is 5.91 Å². The van der Waals surface area contributed by atoms with Gasteiger partial charge >= 0.3 is 0 Å². The van der Waals surface area contributed by atoms with Crippen LogP contribution in [0.4, 0.5) is 0 Å². The maximum Gasteiger partial charge on any atom is 0.254 e. The van der Waals surface area contributed by atoms with E-state index in [1.165, 1.54) is 11.1 Å². The van der Waals surface area contributed by atoms with Crippen LogP contribution < -0.4 is 10.9 Å². The highest BCUT2D eigenvalue weighted by atomic mass is 16.2. The number of H-pyrrole nitrogens is 1. The van der Waals surface area contributed by atoms with Crippen molar-refractivity contribution in [2.45, 2.75) is 58.0 Å². The van der Waals surface area contributed by atoms with Gasteiger partial charge in [0.1, 0.15) is 5.82 Å². The molecular weight excluding hydrogens is 352 g/mol. The van der Waals surface area contributed by atoms with Crippen LogP contribution in [0.1, 0.15) is 41.1 Å². The molecule has 4 rings (SSSR count). The molecule has 1 atom stereocenters. The Bertz CT molecular complexity index is 911. The molecule has 28 heavy (non-hydrogen) atoms. The summed E-state index contributed by atoms with van der Waals surface area (Å²) in [4.78, 5) is 34.2. The molecule has 2 N–H and O–H groups in total. The Balaban J connectivity index is 1.36. The van der Waals surface area contributed by atoms with Crippen molar-refractivity contribution in [2.24, 2.45) is 0 Å². The summed E-state index contributed by atoms with van der Waals surface area (Å²) in [6.45, 7) is 5.50. The Hall–Kier alpha value is -2.47. The summed E-state index contributed by atoms with van der Waals surface area (Å²) in [7, 11) is 0. The van der Waals surface area contributed by atoms with Gasteiger partial charge in [-0.1, -0.05) is 24.3 Å². The molecule has 148 valence electrons. The Labute approximate surface area is 165 Å². The van der Waals surface area contributed by atoms with Crippen molar-refractivity contribution in [3.05, 3.63) is 62.8 Å². The van der Waals surface area contributed by atoms with Crippen LogP contribution in [-0.2, 0) is 24.1 Å². The van der Waals surface area contributed by atoms with Gasteiger partial charge in [-0.25, -0.2) is 4.98 Å². The molecule has 0 radical (unpaired) electrons. The molecule has 2 aromatic rings. The van der Waals surface area contributed by atoms with E-state index in [0.717, 1.165) is 38.8 Å². The Morgan fingerprint density at radius 2 is 1.96 bits per heavy atom. The average molecular weight is 380 g/mol. The van der Waals surface area contributed by atoms with Crippen molar-refractivity contribution >= 4 is 5.91 Å². The first-order valence-electron chi connectivity index (χ1n) is 10.2. The van der Waals surface area contributed by atoms with E-state index < -0.39 is 0 Å². The molecule has 1 aliphatic heterocycles. The number of likely N-dealkylation sites (tertiary alicyclic amines) is 1. The summed E-state index contributed by atoms with van der Waals surface area (Å²) in [5, 5.41) is 3.15. The second kappa shape index (κ2) is 7.87. The van der Waals surface area contributed by atoms with Crippen LogP contribution in [0.25, 0.3) is 0 Å². The number of nitrogens with zero attached hydrogens (tertiary/aromatic N) is 2. The number of aromatic amines is 1. The molecule has 1 amide bonds. The molecule has 2 aliphatic rings. The van der Waals surface area contributed by atoms with Gasteiger partial charge in [-0.05, 0) is 57.2 Å². The van der Waals surface area contributed by atoms with Crippen LogP contribution in [0.3, 0.4) is 0 Å². The van der Waals surface area contributed by atoms with Gasteiger partial charge in [-0.15, -0.1) is 0 Å². The molecule has 1 saturated heterocycles. The number of piperidine rings is 1. The lowest BCUT2D eigenvalue weighted by Crippen LogP contribution is -2.51. The molecule has 6 nitrogen and oxygen atoms in total. The third-order valence-electron chi connectivity index (χ3n) is 6.04. The minimum Gasteiger partial charge on any atom is -0.352 e. The van der Waals surface area contributed by atoms with E-state index in [1.807, 2.05) is 0 Å². The summed E-state index contributed by atoms with van der Waals surface area (Å²) in [6.07, 6.45) is 4.35. The van der Waals surface area contributed by atoms with E-state index in [0.29, 0.717) is 23.1 Å². The summed E-state index contributed by atoms with van der Waals surface area (Å²) in [5.74, 6) is 0.480. The smallest absolute Gasteiger partial charge is 0.254 e. The average Bonchev–Trinajstić information content (AvgIpc) is 3.09. The lowest BCUT2D eigenvalue weighted by Gasteiger charge is -2.37. The predicted molar refractivity (Wildman–Crippen MR) is 108 cm³/mol. The third kappa shape index (κ3) is 4.02. The van der Waals surface area contributed by atoms with Gasteiger partial charge in [0.15, 0.2) is 0 Å². The lowest BCUT2D eigenvalue weighted by molar-refractivity contribution is -0.121. The highest BCUT2D eigenvalue weighted by Crippen LogP contribution is 2.27. The fraction of sp³-hybridized carbons (Fsp3) is 0.500. The Kier molecular flexibility index (Phi) is 5.31. The largest absolute Gasteiger partial charge is 0.352 e.